The number of aliphatic carboxylic acids is 1. The Kier molecular flexibility index (Phi) is 4.78. The first-order chi connectivity index (χ1) is 9.54. The number of rotatable bonds is 5. The van der Waals surface area contributed by atoms with E-state index in [-0.39, 0.29) is 24.4 Å². The highest BCUT2D eigenvalue weighted by molar-refractivity contribution is 5.73. The molecule has 0 radical (unpaired) electrons. The highest BCUT2D eigenvalue weighted by Crippen LogP contribution is 2.34. The fraction of sp³-hybridized carbons (Fsp3) is 0.562. The maximum absolute atomic E-state index is 11.5. The summed E-state index contributed by atoms with van der Waals surface area (Å²) < 4.78 is 0. The molecule has 110 valence electrons. The van der Waals surface area contributed by atoms with Crippen molar-refractivity contribution in [2.75, 3.05) is 19.7 Å². The molecular weight excluding hydrogens is 254 g/mol. The lowest BCUT2D eigenvalue weighted by Gasteiger charge is -2.27. The highest BCUT2D eigenvalue weighted by atomic mass is 16.4. The van der Waals surface area contributed by atoms with Crippen LogP contribution in [0.25, 0.3) is 0 Å². The third-order valence-electron chi connectivity index (χ3n) is 4.21. The SMILES string of the molecule is CC(C)[C@H](C(=O)O)N1CC(CO)C(c2ccccc2)C1. The Morgan fingerprint density at radius 2 is 1.95 bits per heavy atom. The van der Waals surface area contributed by atoms with Crippen LogP contribution in [0.5, 0.6) is 0 Å². The molecular formula is C16H23NO3. The number of likely N-dealkylation sites (tertiary alicyclic amines) is 1. The van der Waals surface area contributed by atoms with Gasteiger partial charge < -0.3 is 10.2 Å². The molecule has 0 aromatic heterocycles. The van der Waals surface area contributed by atoms with Gasteiger partial charge in [0.15, 0.2) is 0 Å². The second kappa shape index (κ2) is 6.37. The van der Waals surface area contributed by atoms with Crippen LogP contribution in [0.4, 0.5) is 0 Å². The molecule has 20 heavy (non-hydrogen) atoms. The van der Waals surface area contributed by atoms with E-state index in [1.54, 1.807) is 0 Å². The van der Waals surface area contributed by atoms with E-state index in [0.29, 0.717) is 13.1 Å². The zero-order valence-electron chi connectivity index (χ0n) is 12.1. The van der Waals surface area contributed by atoms with Crippen molar-refractivity contribution in [2.24, 2.45) is 11.8 Å². The van der Waals surface area contributed by atoms with E-state index in [0.717, 1.165) is 0 Å². The lowest BCUT2D eigenvalue weighted by Crippen LogP contribution is -2.43. The molecule has 1 aromatic carbocycles. The molecule has 1 fully saturated rings. The molecule has 1 aromatic rings. The van der Waals surface area contributed by atoms with Gasteiger partial charge in [-0.05, 0) is 11.5 Å². The second-order valence-corrected chi connectivity index (χ2v) is 5.94. The maximum atomic E-state index is 11.5. The Labute approximate surface area is 120 Å². The maximum Gasteiger partial charge on any atom is 0.321 e. The van der Waals surface area contributed by atoms with E-state index < -0.39 is 12.0 Å². The van der Waals surface area contributed by atoms with Crippen LogP contribution in [-0.2, 0) is 4.79 Å². The molecule has 1 aliphatic heterocycles. The summed E-state index contributed by atoms with van der Waals surface area (Å²) >= 11 is 0. The Morgan fingerprint density at radius 1 is 1.30 bits per heavy atom. The van der Waals surface area contributed by atoms with Crippen LogP contribution in [0.2, 0.25) is 0 Å². The summed E-state index contributed by atoms with van der Waals surface area (Å²) in [6.45, 7) is 5.31. The summed E-state index contributed by atoms with van der Waals surface area (Å²) in [5.41, 5.74) is 1.18. The number of hydrogen-bond donors (Lipinski definition) is 2. The summed E-state index contributed by atoms with van der Waals surface area (Å²) in [5.74, 6) is -0.397. The van der Waals surface area contributed by atoms with Gasteiger partial charge in [0.05, 0.1) is 0 Å². The number of benzene rings is 1. The van der Waals surface area contributed by atoms with Crippen LogP contribution in [0.3, 0.4) is 0 Å². The van der Waals surface area contributed by atoms with Gasteiger partial charge in [-0.1, -0.05) is 44.2 Å². The predicted octanol–water partition coefficient (Wildman–Crippen LogP) is 1.80. The van der Waals surface area contributed by atoms with Crippen LogP contribution in [0.1, 0.15) is 25.3 Å². The zero-order valence-corrected chi connectivity index (χ0v) is 12.1. The molecule has 0 aliphatic carbocycles. The number of carbonyl (C=O) groups is 1. The van der Waals surface area contributed by atoms with E-state index in [1.165, 1.54) is 5.56 Å². The molecule has 2 unspecified atom stereocenters. The Bertz CT molecular complexity index is 446. The monoisotopic (exact) mass is 277 g/mol. The second-order valence-electron chi connectivity index (χ2n) is 5.94. The summed E-state index contributed by atoms with van der Waals surface area (Å²) in [6, 6.07) is 9.59. The largest absolute Gasteiger partial charge is 0.480 e. The van der Waals surface area contributed by atoms with E-state index >= 15 is 0 Å². The van der Waals surface area contributed by atoms with Crippen molar-refractivity contribution in [3.05, 3.63) is 35.9 Å². The quantitative estimate of drug-likeness (QED) is 0.861. The van der Waals surface area contributed by atoms with Gasteiger partial charge in [-0.2, -0.15) is 0 Å². The molecule has 1 saturated heterocycles. The van der Waals surface area contributed by atoms with Crippen LogP contribution in [-0.4, -0.2) is 46.8 Å². The van der Waals surface area contributed by atoms with Crippen molar-refractivity contribution in [2.45, 2.75) is 25.8 Å². The number of carboxylic acid groups (broad SMARTS) is 1. The standard InChI is InChI=1S/C16H23NO3/c1-11(2)15(16(19)20)17-8-13(10-18)14(9-17)12-6-4-3-5-7-12/h3-7,11,13-15,18H,8-10H2,1-2H3,(H,19,20)/t13?,14?,15-/m1/s1. The molecule has 2 N–H and O–H groups in total. The van der Waals surface area contributed by atoms with E-state index in [9.17, 15) is 15.0 Å². The molecule has 4 heteroatoms. The third-order valence-corrected chi connectivity index (χ3v) is 4.21. The van der Waals surface area contributed by atoms with E-state index in [2.05, 4.69) is 12.1 Å². The number of nitrogens with zero attached hydrogens (tertiary/aromatic N) is 1. The lowest BCUT2D eigenvalue weighted by molar-refractivity contribution is -0.144. The smallest absolute Gasteiger partial charge is 0.321 e. The van der Waals surface area contributed by atoms with Gasteiger partial charge in [0.2, 0.25) is 0 Å². The number of aliphatic hydroxyl groups excluding tert-OH is 1. The van der Waals surface area contributed by atoms with Gasteiger partial charge in [-0.25, -0.2) is 0 Å². The minimum atomic E-state index is -0.773. The van der Waals surface area contributed by atoms with Crippen molar-refractivity contribution >= 4 is 5.97 Å². The van der Waals surface area contributed by atoms with Crippen molar-refractivity contribution in [1.82, 2.24) is 4.90 Å². The van der Waals surface area contributed by atoms with Gasteiger partial charge in [-0.3, -0.25) is 9.69 Å². The van der Waals surface area contributed by atoms with Crippen LogP contribution in [0.15, 0.2) is 30.3 Å². The minimum Gasteiger partial charge on any atom is -0.480 e. The molecule has 2 rings (SSSR count). The molecule has 0 spiro atoms. The van der Waals surface area contributed by atoms with Gasteiger partial charge in [0, 0.05) is 31.5 Å². The highest BCUT2D eigenvalue weighted by Gasteiger charge is 2.39. The van der Waals surface area contributed by atoms with Crippen molar-refractivity contribution < 1.29 is 15.0 Å². The lowest BCUT2D eigenvalue weighted by atomic mass is 9.90. The molecule has 1 aliphatic rings. The summed E-state index contributed by atoms with van der Waals surface area (Å²) in [7, 11) is 0. The first kappa shape index (κ1) is 15.0. The van der Waals surface area contributed by atoms with E-state index in [4.69, 9.17) is 0 Å². The molecule has 0 amide bonds. The number of hydrogen-bond acceptors (Lipinski definition) is 3. The topological polar surface area (TPSA) is 60.8 Å². The van der Waals surface area contributed by atoms with Crippen molar-refractivity contribution in [3.8, 4) is 0 Å². The van der Waals surface area contributed by atoms with Gasteiger partial charge in [0.1, 0.15) is 6.04 Å². The molecule has 4 nitrogen and oxygen atoms in total. The van der Waals surface area contributed by atoms with Gasteiger partial charge in [-0.15, -0.1) is 0 Å². The summed E-state index contributed by atoms with van der Waals surface area (Å²) in [6.07, 6.45) is 0. The normalized spacial score (nSPS) is 25.0. The van der Waals surface area contributed by atoms with Crippen LogP contribution in [0, 0.1) is 11.8 Å². The van der Waals surface area contributed by atoms with Gasteiger partial charge in [0.25, 0.3) is 0 Å². The Hall–Kier alpha value is -1.39. The van der Waals surface area contributed by atoms with Crippen LogP contribution < -0.4 is 0 Å². The van der Waals surface area contributed by atoms with Crippen molar-refractivity contribution in [3.63, 3.8) is 0 Å². The molecule has 1 heterocycles. The van der Waals surface area contributed by atoms with Crippen LogP contribution >= 0.6 is 0 Å². The first-order valence-electron chi connectivity index (χ1n) is 7.17. The van der Waals surface area contributed by atoms with Gasteiger partial charge >= 0.3 is 5.97 Å². The van der Waals surface area contributed by atoms with Crippen molar-refractivity contribution in [1.29, 1.82) is 0 Å². The molecule has 3 atom stereocenters. The number of carboxylic acids is 1. The Morgan fingerprint density at radius 3 is 2.45 bits per heavy atom. The summed E-state index contributed by atoms with van der Waals surface area (Å²) in [5, 5.41) is 19.0. The fourth-order valence-corrected chi connectivity index (χ4v) is 3.26. The molecule has 0 bridgehead atoms. The average molecular weight is 277 g/mol. The van der Waals surface area contributed by atoms with E-state index in [1.807, 2.05) is 36.9 Å². The number of aliphatic hydroxyl groups is 1. The summed E-state index contributed by atoms with van der Waals surface area (Å²) in [4.78, 5) is 13.5. The minimum absolute atomic E-state index is 0.0568. The molecule has 0 saturated carbocycles. The predicted molar refractivity (Wildman–Crippen MR) is 77.6 cm³/mol. The fourth-order valence-electron chi connectivity index (χ4n) is 3.26. The first-order valence-corrected chi connectivity index (χ1v) is 7.17. The zero-order chi connectivity index (χ0) is 14.7. The Balaban J connectivity index is 2.19. The average Bonchev–Trinajstić information content (AvgIpc) is 2.82. The third kappa shape index (κ3) is 3.02.